The summed E-state index contributed by atoms with van der Waals surface area (Å²) >= 11 is 5.75. The molecule has 108 valence electrons. The lowest BCUT2D eigenvalue weighted by molar-refractivity contribution is 0.0697. The molecule has 2 aromatic rings. The average Bonchev–Trinajstić information content (AvgIpc) is 2.43. The molecule has 0 aliphatic carbocycles. The Kier molecular flexibility index (Phi) is 4.39. The van der Waals surface area contributed by atoms with Crippen LogP contribution in [0.15, 0.2) is 36.5 Å². The number of carboxylic acids is 1. The zero-order chi connectivity index (χ0) is 15.4. The van der Waals surface area contributed by atoms with Gasteiger partial charge in [0.1, 0.15) is 0 Å². The van der Waals surface area contributed by atoms with Crippen LogP contribution in [-0.4, -0.2) is 22.1 Å². The maximum absolute atomic E-state index is 11.8. The second-order valence-corrected chi connectivity index (χ2v) is 4.67. The van der Waals surface area contributed by atoms with E-state index in [2.05, 4.69) is 15.6 Å². The van der Waals surface area contributed by atoms with E-state index in [1.165, 1.54) is 24.4 Å². The number of pyridine rings is 1. The van der Waals surface area contributed by atoms with Crippen molar-refractivity contribution in [2.75, 3.05) is 10.6 Å². The second-order valence-electron chi connectivity index (χ2n) is 4.27. The van der Waals surface area contributed by atoms with E-state index in [4.69, 9.17) is 16.7 Å². The van der Waals surface area contributed by atoms with Crippen molar-refractivity contribution in [2.45, 2.75) is 6.92 Å². The predicted octanol–water partition coefficient (Wildman–Crippen LogP) is 3.39. The number of urea groups is 1. The molecule has 2 amide bonds. The van der Waals surface area contributed by atoms with Crippen LogP contribution in [-0.2, 0) is 0 Å². The van der Waals surface area contributed by atoms with Gasteiger partial charge >= 0.3 is 12.0 Å². The molecule has 3 N–H and O–H groups in total. The van der Waals surface area contributed by atoms with Crippen LogP contribution in [0.2, 0.25) is 5.02 Å². The Morgan fingerprint density at radius 2 is 1.81 bits per heavy atom. The highest BCUT2D eigenvalue weighted by atomic mass is 35.5. The van der Waals surface area contributed by atoms with Crippen LogP contribution in [0.5, 0.6) is 0 Å². The van der Waals surface area contributed by atoms with Gasteiger partial charge in [0.15, 0.2) is 0 Å². The molecular weight excluding hydrogens is 294 g/mol. The fourth-order valence-corrected chi connectivity index (χ4v) is 1.80. The number of aryl methyl sites for hydroxylation is 1. The number of aromatic carboxylic acids is 1. The summed E-state index contributed by atoms with van der Waals surface area (Å²) in [5.74, 6) is -1.16. The highest BCUT2D eigenvalue weighted by Gasteiger charge is 2.11. The summed E-state index contributed by atoms with van der Waals surface area (Å²) in [5, 5.41) is 14.2. The number of amides is 2. The van der Waals surface area contributed by atoms with Crippen LogP contribution in [0.4, 0.5) is 16.2 Å². The molecule has 7 heteroatoms. The zero-order valence-corrected chi connectivity index (χ0v) is 11.8. The Balaban J connectivity index is 2.07. The van der Waals surface area contributed by atoms with Gasteiger partial charge in [-0.25, -0.2) is 9.59 Å². The van der Waals surface area contributed by atoms with E-state index in [0.717, 1.165) is 5.69 Å². The monoisotopic (exact) mass is 305 g/mol. The summed E-state index contributed by atoms with van der Waals surface area (Å²) in [6.45, 7) is 1.84. The number of carboxylic acid groups (broad SMARTS) is 1. The van der Waals surface area contributed by atoms with Crippen molar-refractivity contribution < 1.29 is 14.7 Å². The van der Waals surface area contributed by atoms with Crippen molar-refractivity contribution in [3.63, 3.8) is 0 Å². The molecule has 1 heterocycles. The Morgan fingerprint density at radius 1 is 1.14 bits per heavy atom. The maximum atomic E-state index is 11.8. The number of nitrogens with zero attached hydrogens (tertiary/aromatic N) is 1. The van der Waals surface area contributed by atoms with Crippen LogP contribution in [0.25, 0.3) is 0 Å². The van der Waals surface area contributed by atoms with E-state index in [9.17, 15) is 9.59 Å². The summed E-state index contributed by atoms with van der Waals surface area (Å²) in [7, 11) is 0. The third-order valence-electron chi connectivity index (χ3n) is 2.62. The SMILES string of the molecule is Cc1ccc(NC(=O)Nc2ccc(Cl)c(C(=O)O)c2)cn1. The number of aromatic nitrogens is 1. The molecular formula is C14H12ClN3O3. The first kappa shape index (κ1) is 14.8. The van der Waals surface area contributed by atoms with Gasteiger partial charge in [-0.3, -0.25) is 4.98 Å². The number of nitrogens with one attached hydrogen (secondary N) is 2. The number of anilines is 2. The Morgan fingerprint density at radius 3 is 2.43 bits per heavy atom. The molecule has 0 saturated heterocycles. The van der Waals surface area contributed by atoms with Gasteiger partial charge in [-0.15, -0.1) is 0 Å². The molecule has 2 rings (SSSR count). The van der Waals surface area contributed by atoms with Crippen LogP contribution in [0, 0.1) is 6.92 Å². The minimum absolute atomic E-state index is 0.0773. The molecule has 0 aliphatic heterocycles. The van der Waals surface area contributed by atoms with E-state index < -0.39 is 12.0 Å². The minimum atomic E-state index is -1.16. The number of carbonyl (C=O) groups excluding carboxylic acids is 1. The average molecular weight is 306 g/mol. The van der Waals surface area contributed by atoms with Crippen molar-refractivity contribution in [1.29, 1.82) is 0 Å². The highest BCUT2D eigenvalue weighted by molar-refractivity contribution is 6.33. The lowest BCUT2D eigenvalue weighted by atomic mass is 10.2. The molecule has 0 saturated carbocycles. The van der Waals surface area contributed by atoms with Crippen molar-refractivity contribution in [1.82, 2.24) is 4.98 Å². The molecule has 0 aliphatic rings. The third-order valence-corrected chi connectivity index (χ3v) is 2.95. The smallest absolute Gasteiger partial charge is 0.337 e. The third kappa shape index (κ3) is 3.93. The quantitative estimate of drug-likeness (QED) is 0.810. The van der Waals surface area contributed by atoms with E-state index in [-0.39, 0.29) is 10.6 Å². The van der Waals surface area contributed by atoms with Crippen molar-refractivity contribution in [3.8, 4) is 0 Å². The molecule has 1 aromatic carbocycles. The number of hydrogen-bond donors (Lipinski definition) is 3. The van der Waals surface area contributed by atoms with Gasteiger partial charge in [0.25, 0.3) is 0 Å². The molecule has 0 atom stereocenters. The van der Waals surface area contributed by atoms with Crippen LogP contribution >= 0.6 is 11.6 Å². The highest BCUT2D eigenvalue weighted by Crippen LogP contribution is 2.20. The van der Waals surface area contributed by atoms with E-state index in [1.807, 2.05) is 6.92 Å². The van der Waals surface area contributed by atoms with Gasteiger partial charge < -0.3 is 15.7 Å². The molecule has 0 spiro atoms. The van der Waals surface area contributed by atoms with Crippen LogP contribution in [0.1, 0.15) is 16.1 Å². The van der Waals surface area contributed by atoms with Crippen molar-refractivity contribution in [2.24, 2.45) is 0 Å². The Labute approximate surface area is 125 Å². The number of hydrogen-bond acceptors (Lipinski definition) is 3. The van der Waals surface area contributed by atoms with Gasteiger partial charge in [-0.05, 0) is 37.3 Å². The number of benzene rings is 1. The maximum Gasteiger partial charge on any atom is 0.337 e. The van der Waals surface area contributed by atoms with Gasteiger partial charge in [0.05, 0.1) is 22.5 Å². The number of halogens is 1. The zero-order valence-electron chi connectivity index (χ0n) is 11.1. The summed E-state index contributed by atoms with van der Waals surface area (Å²) < 4.78 is 0. The summed E-state index contributed by atoms with van der Waals surface area (Å²) in [5.41, 5.74) is 1.62. The topological polar surface area (TPSA) is 91.3 Å². The van der Waals surface area contributed by atoms with Crippen molar-refractivity contribution >= 4 is 35.0 Å². The molecule has 21 heavy (non-hydrogen) atoms. The fraction of sp³-hybridized carbons (Fsp3) is 0.0714. The lowest BCUT2D eigenvalue weighted by Crippen LogP contribution is -2.19. The summed E-state index contributed by atoms with van der Waals surface area (Å²) in [4.78, 5) is 26.8. The minimum Gasteiger partial charge on any atom is -0.478 e. The van der Waals surface area contributed by atoms with Gasteiger partial charge in [-0.2, -0.15) is 0 Å². The largest absolute Gasteiger partial charge is 0.478 e. The predicted molar refractivity (Wildman–Crippen MR) is 80.0 cm³/mol. The van der Waals surface area contributed by atoms with E-state index in [1.54, 1.807) is 12.1 Å². The summed E-state index contributed by atoms with van der Waals surface area (Å²) in [6, 6.07) is 7.19. The molecule has 0 fully saturated rings. The van der Waals surface area contributed by atoms with Gasteiger partial charge in [0.2, 0.25) is 0 Å². The Hall–Kier alpha value is -2.60. The van der Waals surface area contributed by atoms with Gasteiger partial charge in [0, 0.05) is 11.4 Å². The fourth-order valence-electron chi connectivity index (χ4n) is 1.60. The standard InChI is InChI=1S/C14H12ClN3O3/c1-8-2-3-10(7-16-8)18-14(21)17-9-4-5-12(15)11(6-9)13(19)20/h2-7H,1H3,(H,19,20)(H2,17,18,21). The molecule has 0 bridgehead atoms. The first-order valence-corrected chi connectivity index (χ1v) is 6.37. The van der Waals surface area contributed by atoms with Crippen LogP contribution in [0.3, 0.4) is 0 Å². The second kappa shape index (κ2) is 6.23. The number of carbonyl (C=O) groups is 2. The van der Waals surface area contributed by atoms with Crippen molar-refractivity contribution in [3.05, 3.63) is 52.8 Å². The number of rotatable bonds is 3. The first-order chi connectivity index (χ1) is 9.95. The first-order valence-electron chi connectivity index (χ1n) is 5.99. The normalized spacial score (nSPS) is 10.0. The lowest BCUT2D eigenvalue weighted by Gasteiger charge is -2.08. The van der Waals surface area contributed by atoms with Crippen LogP contribution < -0.4 is 10.6 Å². The molecule has 6 nitrogen and oxygen atoms in total. The summed E-state index contributed by atoms with van der Waals surface area (Å²) in [6.07, 6.45) is 1.53. The molecule has 0 radical (unpaired) electrons. The van der Waals surface area contributed by atoms with E-state index >= 15 is 0 Å². The molecule has 1 aromatic heterocycles. The van der Waals surface area contributed by atoms with Gasteiger partial charge in [-0.1, -0.05) is 11.6 Å². The van der Waals surface area contributed by atoms with E-state index in [0.29, 0.717) is 11.4 Å². The molecule has 0 unspecified atom stereocenters. The Bertz CT molecular complexity index is 686.